The fraction of sp³-hybridized carbons (Fsp3) is 0.929. The number of Topliss-reactive ketones (excluding diaryl/α,β-unsaturated/α-hetero) is 1. The summed E-state index contributed by atoms with van der Waals surface area (Å²) in [4.78, 5) is 14.5. The lowest BCUT2D eigenvalue weighted by Crippen LogP contribution is -2.52. The number of ketones is 1. The zero-order chi connectivity index (χ0) is 14.5. The molecule has 5 heteroatoms. The molecule has 1 saturated heterocycles. The van der Waals surface area contributed by atoms with E-state index < -0.39 is 15.4 Å². The Bertz CT molecular complexity index is 395. The maximum atomic E-state index is 12.3. The monoisotopic (exact) mass is 289 g/mol. The molecule has 1 aliphatic heterocycles. The highest BCUT2D eigenvalue weighted by Gasteiger charge is 2.34. The molecular weight excluding hydrogens is 262 g/mol. The minimum Gasteiger partial charge on any atom is -0.298 e. The molecule has 0 aliphatic carbocycles. The molecule has 112 valence electrons. The first kappa shape index (κ1) is 16.6. The molecule has 0 spiro atoms. The normalized spacial score (nSPS) is 18.5. The predicted octanol–water partition coefficient (Wildman–Crippen LogP) is 2.03. The third-order valence-electron chi connectivity index (χ3n) is 4.13. The van der Waals surface area contributed by atoms with Crippen LogP contribution in [0.3, 0.4) is 0 Å². The molecular formula is C14H27NO3S. The van der Waals surface area contributed by atoms with Crippen molar-refractivity contribution < 1.29 is 13.2 Å². The molecule has 0 unspecified atom stereocenters. The third-order valence-corrected chi connectivity index (χ3v) is 5.92. The lowest BCUT2D eigenvalue weighted by Gasteiger charge is -2.39. The maximum Gasteiger partial charge on any atom is 0.152 e. The number of sulfone groups is 1. The molecule has 0 aromatic rings. The Balaban J connectivity index is 2.47. The third kappa shape index (κ3) is 4.88. The number of hydrogen-bond donors (Lipinski definition) is 0. The molecule has 0 radical (unpaired) electrons. The molecule has 0 saturated carbocycles. The zero-order valence-corrected chi connectivity index (χ0v) is 13.3. The van der Waals surface area contributed by atoms with Crippen molar-refractivity contribution in [3.8, 4) is 0 Å². The van der Waals surface area contributed by atoms with E-state index in [1.54, 1.807) is 6.92 Å². The molecule has 0 aromatic carbocycles. The van der Waals surface area contributed by atoms with Gasteiger partial charge in [-0.15, -0.1) is 0 Å². The van der Waals surface area contributed by atoms with Crippen molar-refractivity contribution in [3.63, 3.8) is 0 Å². The van der Waals surface area contributed by atoms with Crippen LogP contribution in [-0.4, -0.2) is 49.2 Å². The fourth-order valence-electron chi connectivity index (χ4n) is 2.53. The Labute approximate surface area is 117 Å². The molecule has 1 rings (SSSR count). The molecule has 1 aliphatic rings. The Morgan fingerprint density at radius 1 is 1.16 bits per heavy atom. The Morgan fingerprint density at radius 3 is 2.26 bits per heavy atom. The number of carbonyl (C=O) groups is 1. The number of rotatable bonds is 7. The van der Waals surface area contributed by atoms with Gasteiger partial charge in [-0.05, 0) is 46.2 Å². The van der Waals surface area contributed by atoms with Crippen LogP contribution in [0.4, 0.5) is 0 Å². The van der Waals surface area contributed by atoms with E-state index in [1.807, 2.05) is 13.8 Å². The smallest absolute Gasteiger partial charge is 0.152 e. The number of carbonyl (C=O) groups excluding carboxylic acids is 1. The summed E-state index contributed by atoms with van der Waals surface area (Å²) in [5.41, 5.74) is -0.448. The van der Waals surface area contributed by atoms with Crippen LogP contribution in [0.25, 0.3) is 0 Å². The number of piperidine rings is 1. The van der Waals surface area contributed by atoms with Crippen LogP contribution in [0.5, 0.6) is 0 Å². The summed E-state index contributed by atoms with van der Waals surface area (Å²) in [5.74, 6) is 0.461. The lowest BCUT2D eigenvalue weighted by atomic mass is 9.91. The molecule has 0 atom stereocenters. The molecule has 4 nitrogen and oxygen atoms in total. The fourth-order valence-corrected chi connectivity index (χ4v) is 3.40. The van der Waals surface area contributed by atoms with E-state index in [1.165, 1.54) is 6.42 Å². The van der Waals surface area contributed by atoms with Crippen molar-refractivity contribution in [3.05, 3.63) is 0 Å². The van der Waals surface area contributed by atoms with Crippen LogP contribution in [0.2, 0.25) is 0 Å². The van der Waals surface area contributed by atoms with Gasteiger partial charge in [-0.2, -0.15) is 0 Å². The van der Waals surface area contributed by atoms with Crippen LogP contribution in [0.15, 0.2) is 0 Å². The highest BCUT2D eigenvalue weighted by atomic mass is 32.2. The topological polar surface area (TPSA) is 54.5 Å². The van der Waals surface area contributed by atoms with Gasteiger partial charge >= 0.3 is 0 Å². The standard InChI is InChI=1S/C14H27NO3S/c1-4-19(17,18)12-8-9-13(16)14(2,3)15-10-6-5-7-11-15/h4-12H2,1-3H3. The largest absolute Gasteiger partial charge is 0.298 e. The van der Waals surface area contributed by atoms with E-state index in [-0.39, 0.29) is 17.3 Å². The summed E-state index contributed by atoms with van der Waals surface area (Å²) >= 11 is 0. The van der Waals surface area contributed by atoms with Gasteiger partial charge in [0.15, 0.2) is 5.78 Å². The van der Waals surface area contributed by atoms with Gasteiger partial charge in [0, 0.05) is 12.2 Å². The summed E-state index contributed by atoms with van der Waals surface area (Å²) < 4.78 is 22.8. The molecule has 1 heterocycles. The van der Waals surface area contributed by atoms with Crippen molar-refractivity contribution in [2.24, 2.45) is 0 Å². The van der Waals surface area contributed by atoms with Gasteiger partial charge in [-0.3, -0.25) is 9.69 Å². The number of likely N-dealkylation sites (tertiary alicyclic amines) is 1. The molecule has 19 heavy (non-hydrogen) atoms. The number of nitrogens with zero attached hydrogens (tertiary/aromatic N) is 1. The first-order chi connectivity index (χ1) is 8.79. The van der Waals surface area contributed by atoms with Crippen molar-refractivity contribution in [2.75, 3.05) is 24.6 Å². The van der Waals surface area contributed by atoms with Gasteiger partial charge < -0.3 is 0 Å². The van der Waals surface area contributed by atoms with Crippen molar-refractivity contribution in [2.45, 2.75) is 58.4 Å². The Kier molecular flexibility index (Phi) is 5.99. The van der Waals surface area contributed by atoms with Gasteiger partial charge in [0.1, 0.15) is 9.84 Å². The predicted molar refractivity (Wildman–Crippen MR) is 78.1 cm³/mol. The van der Waals surface area contributed by atoms with Gasteiger partial charge in [-0.25, -0.2) is 8.42 Å². The molecule has 1 fully saturated rings. The number of hydrogen-bond acceptors (Lipinski definition) is 4. The highest BCUT2D eigenvalue weighted by molar-refractivity contribution is 7.91. The molecule has 0 N–H and O–H groups in total. The van der Waals surface area contributed by atoms with Gasteiger partial charge in [0.2, 0.25) is 0 Å². The lowest BCUT2D eigenvalue weighted by molar-refractivity contribution is -0.130. The SMILES string of the molecule is CCS(=O)(=O)CCCC(=O)C(C)(C)N1CCCCC1. The minimum atomic E-state index is -2.95. The first-order valence-electron chi connectivity index (χ1n) is 7.28. The maximum absolute atomic E-state index is 12.3. The molecule has 0 amide bonds. The molecule has 0 aromatic heterocycles. The van der Waals surface area contributed by atoms with E-state index in [2.05, 4.69) is 4.90 Å². The van der Waals surface area contributed by atoms with E-state index in [0.29, 0.717) is 12.8 Å². The van der Waals surface area contributed by atoms with Gasteiger partial charge in [-0.1, -0.05) is 13.3 Å². The Hall–Kier alpha value is -0.420. The van der Waals surface area contributed by atoms with Crippen LogP contribution < -0.4 is 0 Å². The van der Waals surface area contributed by atoms with Crippen LogP contribution in [-0.2, 0) is 14.6 Å². The summed E-state index contributed by atoms with van der Waals surface area (Å²) in [5, 5.41) is 0. The van der Waals surface area contributed by atoms with Crippen LogP contribution in [0, 0.1) is 0 Å². The van der Waals surface area contributed by atoms with E-state index >= 15 is 0 Å². The quantitative estimate of drug-likeness (QED) is 0.719. The van der Waals surface area contributed by atoms with Crippen LogP contribution >= 0.6 is 0 Å². The average molecular weight is 289 g/mol. The van der Waals surface area contributed by atoms with Crippen molar-refractivity contribution in [1.29, 1.82) is 0 Å². The van der Waals surface area contributed by atoms with E-state index in [0.717, 1.165) is 25.9 Å². The Morgan fingerprint density at radius 2 is 1.74 bits per heavy atom. The summed E-state index contributed by atoms with van der Waals surface area (Å²) in [7, 11) is -2.95. The van der Waals surface area contributed by atoms with Gasteiger partial charge in [0.25, 0.3) is 0 Å². The minimum absolute atomic E-state index is 0.130. The average Bonchev–Trinajstić information content (AvgIpc) is 2.39. The second-order valence-electron chi connectivity index (χ2n) is 5.87. The molecule has 0 bridgehead atoms. The summed E-state index contributed by atoms with van der Waals surface area (Å²) in [6.45, 7) is 7.54. The zero-order valence-electron chi connectivity index (χ0n) is 12.4. The van der Waals surface area contributed by atoms with Crippen LogP contribution in [0.1, 0.15) is 52.9 Å². The van der Waals surface area contributed by atoms with Crippen molar-refractivity contribution in [1.82, 2.24) is 4.90 Å². The highest BCUT2D eigenvalue weighted by Crippen LogP contribution is 2.23. The van der Waals surface area contributed by atoms with Crippen molar-refractivity contribution >= 4 is 15.6 Å². The van der Waals surface area contributed by atoms with E-state index in [9.17, 15) is 13.2 Å². The summed E-state index contributed by atoms with van der Waals surface area (Å²) in [6.07, 6.45) is 4.37. The second kappa shape index (κ2) is 6.84. The second-order valence-corrected chi connectivity index (χ2v) is 8.34. The summed E-state index contributed by atoms with van der Waals surface area (Å²) in [6, 6.07) is 0. The van der Waals surface area contributed by atoms with E-state index in [4.69, 9.17) is 0 Å². The van der Waals surface area contributed by atoms with Gasteiger partial charge in [0.05, 0.1) is 11.3 Å². The first-order valence-corrected chi connectivity index (χ1v) is 9.10.